The zero-order valence-electron chi connectivity index (χ0n) is 9.22. The first-order valence-corrected chi connectivity index (χ1v) is 4.81. The molecule has 0 atom stereocenters. The third kappa shape index (κ3) is 2.11. The monoisotopic (exact) mass is 188 g/mol. The molecule has 0 aliphatic heterocycles. The lowest BCUT2D eigenvalue weighted by atomic mass is 9.96. The van der Waals surface area contributed by atoms with Gasteiger partial charge in [-0.2, -0.15) is 0 Å². The highest BCUT2D eigenvalue weighted by Gasteiger charge is 2.09. The fraction of sp³-hybridized carbons (Fsp3) is 0.308. The SMILES string of the molecule is C/C=C/C(=O)c1c(C)cc(C)cc1C. The molecule has 0 amide bonds. The van der Waals surface area contributed by atoms with Crippen LogP contribution in [-0.2, 0) is 0 Å². The maximum absolute atomic E-state index is 11.7. The maximum Gasteiger partial charge on any atom is 0.186 e. The van der Waals surface area contributed by atoms with Crippen molar-refractivity contribution in [3.63, 3.8) is 0 Å². The molecule has 0 saturated heterocycles. The summed E-state index contributed by atoms with van der Waals surface area (Å²) < 4.78 is 0. The number of carbonyl (C=O) groups is 1. The summed E-state index contributed by atoms with van der Waals surface area (Å²) in [5.41, 5.74) is 4.17. The minimum Gasteiger partial charge on any atom is -0.289 e. The van der Waals surface area contributed by atoms with Gasteiger partial charge >= 0.3 is 0 Å². The Balaban J connectivity index is 3.27. The second-order valence-electron chi connectivity index (χ2n) is 3.64. The summed E-state index contributed by atoms with van der Waals surface area (Å²) in [5.74, 6) is 0.0995. The van der Waals surface area contributed by atoms with Crippen molar-refractivity contribution in [1.82, 2.24) is 0 Å². The van der Waals surface area contributed by atoms with Gasteiger partial charge in [-0.15, -0.1) is 0 Å². The van der Waals surface area contributed by atoms with Crippen LogP contribution in [0.25, 0.3) is 0 Å². The van der Waals surface area contributed by atoms with E-state index in [9.17, 15) is 4.79 Å². The van der Waals surface area contributed by atoms with Gasteiger partial charge in [-0.1, -0.05) is 23.8 Å². The molecule has 0 radical (unpaired) electrons. The van der Waals surface area contributed by atoms with Crippen LogP contribution in [0.1, 0.15) is 34.0 Å². The van der Waals surface area contributed by atoms with Gasteiger partial charge in [0.25, 0.3) is 0 Å². The minimum absolute atomic E-state index is 0.0995. The summed E-state index contributed by atoms with van der Waals surface area (Å²) in [6, 6.07) is 4.09. The number of ketones is 1. The molecule has 0 saturated carbocycles. The molecule has 1 nitrogen and oxygen atoms in total. The van der Waals surface area contributed by atoms with Crippen molar-refractivity contribution in [2.75, 3.05) is 0 Å². The van der Waals surface area contributed by atoms with Crippen LogP contribution in [0.5, 0.6) is 0 Å². The number of carbonyl (C=O) groups excluding carboxylic acids is 1. The standard InChI is InChI=1S/C13H16O/c1-5-6-12(14)13-10(3)7-9(2)8-11(13)4/h5-8H,1-4H3/b6-5+. The zero-order chi connectivity index (χ0) is 10.7. The molecule has 14 heavy (non-hydrogen) atoms. The lowest BCUT2D eigenvalue weighted by Gasteiger charge is -2.07. The van der Waals surface area contributed by atoms with Crippen molar-refractivity contribution in [2.45, 2.75) is 27.7 Å². The first kappa shape index (κ1) is 10.7. The Hall–Kier alpha value is -1.37. The summed E-state index contributed by atoms with van der Waals surface area (Å²) in [5, 5.41) is 0. The topological polar surface area (TPSA) is 17.1 Å². The number of rotatable bonds is 2. The van der Waals surface area contributed by atoms with Crippen LogP contribution in [0.3, 0.4) is 0 Å². The van der Waals surface area contributed by atoms with Crippen molar-refractivity contribution in [3.05, 3.63) is 46.5 Å². The second kappa shape index (κ2) is 4.23. The van der Waals surface area contributed by atoms with E-state index in [1.165, 1.54) is 5.56 Å². The summed E-state index contributed by atoms with van der Waals surface area (Å²) in [7, 11) is 0. The van der Waals surface area contributed by atoms with E-state index in [-0.39, 0.29) is 5.78 Å². The lowest BCUT2D eigenvalue weighted by molar-refractivity contribution is 0.104. The second-order valence-corrected chi connectivity index (χ2v) is 3.64. The average Bonchev–Trinajstić information content (AvgIpc) is 2.01. The van der Waals surface area contributed by atoms with Gasteiger partial charge in [0.15, 0.2) is 5.78 Å². The maximum atomic E-state index is 11.7. The molecule has 0 aromatic heterocycles. The van der Waals surface area contributed by atoms with Crippen molar-refractivity contribution in [2.24, 2.45) is 0 Å². The lowest BCUT2D eigenvalue weighted by Crippen LogP contribution is -2.01. The molecule has 1 heteroatoms. The molecule has 0 aliphatic rings. The van der Waals surface area contributed by atoms with E-state index in [2.05, 4.69) is 0 Å². The fourth-order valence-electron chi connectivity index (χ4n) is 1.80. The summed E-state index contributed by atoms with van der Waals surface area (Å²) in [6.07, 6.45) is 3.39. The highest BCUT2D eigenvalue weighted by molar-refractivity contribution is 6.06. The number of hydrogen-bond acceptors (Lipinski definition) is 1. The first-order chi connectivity index (χ1) is 6.56. The van der Waals surface area contributed by atoms with E-state index in [1.54, 1.807) is 12.2 Å². The van der Waals surface area contributed by atoms with Crippen LogP contribution in [0, 0.1) is 20.8 Å². The number of benzene rings is 1. The van der Waals surface area contributed by atoms with Crippen molar-refractivity contribution in [3.8, 4) is 0 Å². The largest absolute Gasteiger partial charge is 0.289 e. The summed E-state index contributed by atoms with van der Waals surface area (Å²) in [4.78, 5) is 11.7. The van der Waals surface area contributed by atoms with Gasteiger partial charge in [-0.3, -0.25) is 4.79 Å². The van der Waals surface area contributed by atoms with E-state index in [4.69, 9.17) is 0 Å². The molecule has 0 spiro atoms. The molecular formula is C13H16O. The molecule has 0 unspecified atom stereocenters. The molecular weight excluding hydrogens is 172 g/mol. The molecule has 0 N–H and O–H groups in total. The van der Waals surface area contributed by atoms with Gasteiger partial charge in [0.1, 0.15) is 0 Å². The summed E-state index contributed by atoms with van der Waals surface area (Å²) in [6.45, 7) is 7.87. The van der Waals surface area contributed by atoms with Gasteiger partial charge in [-0.25, -0.2) is 0 Å². The van der Waals surface area contributed by atoms with Gasteiger partial charge in [0.05, 0.1) is 0 Å². The van der Waals surface area contributed by atoms with E-state index >= 15 is 0 Å². The Morgan fingerprint density at radius 2 is 1.64 bits per heavy atom. The fourth-order valence-corrected chi connectivity index (χ4v) is 1.80. The van der Waals surface area contributed by atoms with Crippen LogP contribution in [0.4, 0.5) is 0 Å². The van der Waals surface area contributed by atoms with Crippen LogP contribution in [-0.4, -0.2) is 5.78 Å². The van der Waals surface area contributed by atoms with E-state index in [0.717, 1.165) is 16.7 Å². The van der Waals surface area contributed by atoms with E-state index in [0.29, 0.717) is 0 Å². The Morgan fingerprint density at radius 1 is 1.14 bits per heavy atom. The van der Waals surface area contributed by atoms with Crippen LogP contribution in [0.2, 0.25) is 0 Å². The first-order valence-electron chi connectivity index (χ1n) is 4.81. The zero-order valence-corrected chi connectivity index (χ0v) is 9.22. The molecule has 0 aliphatic carbocycles. The quantitative estimate of drug-likeness (QED) is 0.513. The van der Waals surface area contributed by atoms with Crippen molar-refractivity contribution >= 4 is 5.78 Å². The van der Waals surface area contributed by atoms with Gasteiger partial charge in [-0.05, 0) is 44.9 Å². The molecule has 1 rings (SSSR count). The third-order valence-electron chi connectivity index (χ3n) is 2.24. The Morgan fingerprint density at radius 3 is 2.07 bits per heavy atom. The highest BCUT2D eigenvalue weighted by Crippen LogP contribution is 2.17. The molecule has 0 heterocycles. The van der Waals surface area contributed by atoms with Crippen molar-refractivity contribution in [1.29, 1.82) is 0 Å². The average molecular weight is 188 g/mol. The van der Waals surface area contributed by atoms with Crippen LogP contribution < -0.4 is 0 Å². The van der Waals surface area contributed by atoms with E-state index in [1.807, 2.05) is 39.8 Å². The van der Waals surface area contributed by atoms with Crippen LogP contribution >= 0.6 is 0 Å². The predicted molar refractivity (Wildman–Crippen MR) is 59.8 cm³/mol. The molecule has 0 bridgehead atoms. The van der Waals surface area contributed by atoms with Gasteiger partial charge < -0.3 is 0 Å². The van der Waals surface area contributed by atoms with Gasteiger partial charge in [0, 0.05) is 5.56 Å². The van der Waals surface area contributed by atoms with E-state index < -0.39 is 0 Å². The Kier molecular flexibility index (Phi) is 3.23. The Bertz CT molecular complexity index is 363. The number of allylic oxidation sites excluding steroid dienone is 2. The molecule has 0 fully saturated rings. The number of aryl methyl sites for hydroxylation is 3. The Labute approximate surface area is 85.5 Å². The van der Waals surface area contributed by atoms with Gasteiger partial charge in [0.2, 0.25) is 0 Å². The molecule has 1 aromatic rings. The molecule has 1 aromatic carbocycles. The smallest absolute Gasteiger partial charge is 0.186 e. The minimum atomic E-state index is 0.0995. The van der Waals surface area contributed by atoms with Crippen LogP contribution in [0.15, 0.2) is 24.3 Å². The summed E-state index contributed by atoms with van der Waals surface area (Å²) >= 11 is 0. The highest BCUT2D eigenvalue weighted by atomic mass is 16.1. The number of hydrogen-bond donors (Lipinski definition) is 0. The third-order valence-corrected chi connectivity index (χ3v) is 2.24. The molecule has 74 valence electrons. The normalized spacial score (nSPS) is 10.9. The predicted octanol–water partition coefficient (Wildman–Crippen LogP) is 3.37. The van der Waals surface area contributed by atoms with Crippen molar-refractivity contribution < 1.29 is 4.79 Å².